The average Bonchev–Trinajstić information content (AvgIpc) is 3.00. The minimum Gasteiger partial charge on any atom is -0.481 e. The van der Waals surface area contributed by atoms with Crippen LogP contribution in [0.15, 0.2) is 42.5 Å². The lowest BCUT2D eigenvalue weighted by Gasteiger charge is -2.38. The Labute approximate surface area is 157 Å². The highest BCUT2D eigenvalue weighted by atomic mass is 35.5. The van der Waals surface area contributed by atoms with E-state index in [2.05, 4.69) is 4.98 Å². The van der Waals surface area contributed by atoms with Gasteiger partial charge < -0.3 is 9.84 Å². The van der Waals surface area contributed by atoms with Crippen LogP contribution in [0, 0.1) is 0 Å². The molecule has 2 aromatic carbocycles. The van der Waals surface area contributed by atoms with Gasteiger partial charge in [-0.3, -0.25) is 9.59 Å². The fourth-order valence-electron chi connectivity index (χ4n) is 2.95. The molecule has 0 aliphatic carbocycles. The molecule has 0 saturated heterocycles. The summed E-state index contributed by atoms with van der Waals surface area (Å²) >= 11 is 7.51. The van der Waals surface area contributed by atoms with E-state index in [0.717, 1.165) is 4.70 Å². The minimum absolute atomic E-state index is 0.422. The first-order valence-corrected chi connectivity index (χ1v) is 8.98. The van der Waals surface area contributed by atoms with Gasteiger partial charge in [0.15, 0.2) is 10.7 Å². The van der Waals surface area contributed by atoms with Gasteiger partial charge in [0.1, 0.15) is 5.75 Å². The number of aromatic nitrogens is 1. The molecule has 26 heavy (non-hydrogen) atoms. The van der Waals surface area contributed by atoms with E-state index in [1.165, 1.54) is 23.2 Å². The van der Waals surface area contributed by atoms with Crippen LogP contribution < -0.4 is 9.64 Å². The van der Waals surface area contributed by atoms with Gasteiger partial charge in [-0.05, 0) is 31.2 Å². The summed E-state index contributed by atoms with van der Waals surface area (Å²) in [6.07, 6.45) is -0.456. The number of rotatable bonds is 3. The zero-order valence-corrected chi connectivity index (χ0v) is 15.2. The molecule has 8 heteroatoms. The van der Waals surface area contributed by atoms with E-state index < -0.39 is 23.9 Å². The van der Waals surface area contributed by atoms with Crippen molar-refractivity contribution in [2.45, 2.75) is 18.9 Å². The number of carbonyl (C=O) groups is 2. The number of anilines is 2. The van der Waals surface area contributed by atoms with Crippen molar-refractivity contribution in [1.29, 1.82) is 0 Å². The lowest BCUT2D eigenvalue weighted by atomic mass is 9.97. The third-order valence-corrected chi connectivity index (χ3v) is 5.65. The highest BCUT2D eigenvalue weighted by molar-refractivity contribution is 7.23. The highest BCUT2D eigenvalue weighted by Crippen LogP contribution is 2.45. The van der Waals surface area contributed by atoms with Crippen LogP contribution in [-0.4, -0.2) is 27.6 Å². The smallest absolute Gasteiger partial charge is 0.307 e. The fraction of sp³-hybridized carbons (Fsp3) is 0.167. The molecular formula is C18H13ClN2O4S. The number of thiazole rings is 1. The second-order valence-corrected chi connectivity index (χ2v) is 7.48. The van der Waals surface area contributed by atoms with E-state index >= 15 is 0 Å². The van der Waals surface area contributed by atoms with Gasteiger partial charge in [-0.25, -0.2) is 9.88 Å². The Kier molecular flexibility index (Phi) is 3.86. The second-order valence-electron chi connectivity index (χ2n) is 6.10. The molecule has 0 saturated carbocycles. The number of amides is 1. The van der Waals surface area contributed by atoms with E-state index in [4.69, 9.17) is 16.3 Å². The maximum Gasteiger partial charge on any atom is 0.307 e. The molecule has 0 spiro atoms. The Morgan fingerprint density at radius 1 is 1.31 bits per heavy atom. The van der Waals surface area contributed by atoms with Gasteiger partial charge in [0.05, 0.1) is 27.3 Å². The Hall–Kier alpha value is -2.64. The van der Waals surface area contributed by atoms with E-state index in [1.807, 2.05) is 6.07 Å². The average molecular weight is 389 g/mol. The highest BCUT2D eigenvalue weighted by Gasteiger charge is 2.47. The normalized spacial score (nSPS) is 19.3. The summed E-state index contributed by atoms with van der Waals surface area (Å²) in [5.41, 5.74) is -0.327. The summed E-state index contributed by atoms with van der Waals surface area (Å²) in [6, 6.07) is 12.4. The van der Waals surface area contributed by atoms with E-state index in [1.54, 1.807) is 36.4 Å². The molecule has 4 rings (SSSR count). The van der Waals surface area contributed by atoms with Crippen molar-refractivity contribution in [2.75, 3.05) is 4.90 Å². The monoisotopic (exact) mass is 388 g/mol. The van der Waals surface area contributed by atoms with Gasteiger partial charge in [0, 0.05) is 0 Å². The standard InChI is InChI=1S/C18H13ClN2O4S/c1-18(9-14(22)23)16(24)21(12-7-2-3-8-13(12)25-18)17-20-11-6-4-5-10(19)15(11)26-17/h2-8H,9H2,1H3,(H,22,23). The topological polar surface area (TPSA) is 79.7 Å². The number of benzene rings is 2. The van der Waals surface area contributed by atoms with Crippen molar-refractivity contribution >= 4 is 55.8 Å². The number of carboxylic acids is 1. The predicted molar refractivity (Wildman–Crippen MR) is 99.5 cm³/mol. The van der Waals surface area contributed by atoms with Crippen molar-refractivity contribution < 1.29 is 19.4 Å². The van der Waals surface area contributed by atoms with Crippen molar-refractivity contribution in [3.05, 3.63) is 47.5 Å². The number of hydrogen-bond donors (Lipinski definition) is 1. The maximum absolute atomic E-state index is 13.2. The van der Waals surface area contributed by atoms with Crippen molar-refractivity contribution in [3.63, 3.8) is 0 Å². The SMILES string of the molecule is CC1(CC(=O)O)Oc2ccccc2N(c2nc3cccc(Cl)c3s2)C1=O. The number of aliphatic carboxylic acids is 1. The molecule has 1 atom stereocenters. The Balaban J connectivity index is 1.90. The number of para-hydroxylation sites is 2. The molecule has 2 heterocycles. The quantitative estimate of drug-likeness (QED) is 0.725. The molecule has 0 bridgehead atoms. The van der Waals surface area contributed by atoms with E-state index in [0.29, 0.717) is 27.1 Å². The maximum atomic E-state index is 13.2. The molecule has 1 amide bonds. The fourth-order valence-corrected chi connectivity index (χ4v) is 4.22. The minimum atomic E-state index is -1.53. The first-order valence-electron chi connectivity index (χ1n) is 7.78. The van der Waals surface area contributed by atoms with Crippen molar-refractivity contribution in [1.82, 2.24) is 4.98 Å². The third-order valence-electron chi connectivity index (χ3n) is 4.13. The van der Waals surface area contributed by atoms with Gasteiger partial charge >= 0.3 is 5.97 Å². The number of carboxylic acid groups (broad SMARTS) is 1. The van der Waals surface area contributed by atoms with Crippen LogP contribution in [0.5, 0.6) is 5.75 Å². The number of halogens is 1. The number of hydrogen-bond acceptors (Lipinski definition) is 5. The molecule has 0 fully saturated rings. The molecule has 0 radical (unpaired) electrons. The summed E-state index contributed by atoms with van der Waals surface area (Å²) in [7, 11) is 0. The van der Waals surface area contributed by atoms with Crippen LogP contribution in [0.1, 0.15) is 13.3 Å². The summed E-state index contributed by atoms with van der Waals surface area (Å²) in [4.78, 5) is 30.4. The van der Waals surface area contributed by atoms with Crippen molar-refractivity contribution in [2.24, 2.45) is 0 Å². The molecule has 1 aromatic heterocycles. The summed E-state index contributed by atoms with van der Waals surface area (Å²) in [6.45, 7) is 1.48. The van der Waals surface area contributed by atoms with Crippen LogP contribution in [0.25, 0.3) is 10.2 Å². The van der Waals surface area contributed by atoms with Crippen LogP contribution in [0.4, 0.5) is 10.8 Å². The third kappa shape index (κ3) is 2.60. The lowest BCUT2D eigenvalue weighted by molar-refractivity contribution is -0.148. The Morgan fingerprint density at radius 2 is 2.08 bits per heavy atom. The van der Waals surface area contributed by atoms with Gasteiger partial charge in [-0.1, -0.05) is 41.1 Å². The zero-order chi connectivity index (χ0) is 18.5. The van der Waals surface area contributed by atoms with Crippen LogP contribution in [0.3, 0.4) is 0 Å². The Bertz CT molecular complexity index is 1050. The van der Waals surface area contributed by atoms with E-state index in [9.17, 15) is 14.7 Å². The van der Waals surface area contributed by atoms with E-state index in [-0.39, 0.29) is 0 Å². The summed E-state index contributed by atoms with van der Waals surface area (Å²) < 4.78 is 6.54. The molecule has 1 aliphatic heterocycles. The number of carbonyl (C=O) groups excluding carboxylic acids is 1. The van der Waals surface area contributed by atoms with Crippen molar-refractivity contribution in [3.8, 4) is 5.75 Å². The van der Waals surface area contributed by atoms with Crippen LogP contribution in [-0.2, 0) is 9.59 Å². The predicted octanol–water partition coefficient (Wildman–Crippen LogP) is 4.24. The largest absolute Gasteiger partial charge is 0.481 e. The zero-order valence-electron chi connectivity index (χ0n) is 13.6. The molecule has 132 valence electrons. The van der Waals surface area contributed by atoms with Gasteiger partial charge in [0.25, 0.3) is 5.91 Å². The first kappa shape index (κ1) is 16.8. The first-order chi connectivity index (χ1) is 12.4. The summed E-state index contributed by atoms with van der Waals surface area (Å²) in [5.74, 6) is -1.16. The Morgan fingerprint density at radius 3 is 2.81 bits per heavy atom. The number of fused-ring (bicyclic) bond motifs is 2. The van der Waals surface area contributed by atoms with Gasteiger partial charge in [0.2, 0.25) is 0 Å². The van der Waals surface area contributed by atoms with Gasteiger partial charge in [-0.2, -0.15) is 0 Å². The molecule has 1 unspecified atom stereocenters. The molecular weight excluding hydrogens is 376 g/mol. The molecule has 3 aromatic rings. The second kappa shape index (κ2) is 5.96. The molecule has 1 aliphatic rings. The number of nitrogens with zero attached hydrogens (tertiary/aromatic N) is 2. The number of ether oxygens (including phenoxy) is 1. The van der Waals surface area contributed by atoms with Crippen LogP contribution >= 0.6 is 22.9 Å². The molecule has 1 N–H and O–H groups in total. The lowest BCUT2D eigenvalue weighted by Crippen LogP contribution is -2.53. The molecule has 6 nitrogen and oxygen atoms in total. The van der Waals surface area contributed by atoms with Gasteiger partial charge in [-0.15, -0.1) is 0 Å². The summed E-state index contributed by atoms with van der Waals surface area (Å²) in [5, 5.41) is 10.2. The van der Waals surface area contributed by atoms with Crippen LogP contribution in [0.2, 0.25) is 5.02 Å².